The number of nitrogens with two attached hydrogens (primary N) is 1. The molecule has 2 aromatic heterocycles. The van der Waals surface area contributed by atoms with Crippen LogP contribution in [0.25, 0.3) is 11.3 Å². The van der Waals surface area contributed by atoms with Crippen molar-refractivity contribution in [2.45, 2.75) is 38.8 Å². The first-order valence-corrected chi connectivity index (χ1v) is 10.0. The molecule has 1 aliphatic carbocycles. The van der Waals surface area contributed by atoms with Gasteiger partial charge >= 0.3 is 6.61 Å². The van der Waals surface area contributed by atoms with Gasteiger partial charge in [0.1, 0.15) is 0 Å². The van der Waals surface area contributed by atoms with E-state index in [1.54, 1.807) is 0 Å². The molecule has 2 fully saturated rings. The lowest BCUT2D eigenvalue weighted by atomic mass is 10.1. The van der Waals surface area contributed by atoms with Crippen molar-refractivity contribution < 1.29 is 18.6 Å². The van der Waals surface area contributed by atoms with Gasteiger partial charge in [0.2, 0.25) is 0 Å². The van der Waals surface area contributed by atoms with Crippen LogP contribution in [-0.2, 0) is 0 Å². The average Bonchev–Trinajstić information content (AvgIpc) is 3.03. The van der Waals surface area contributed by atoms with Crippen molar-refractivity contribution in [3.05, 3.63) is 24.0 Å². The van der Waals surface area contributed by atoms with E-state index in [2.05, 4.69) is 28.5 Å². The van der Waals surface area contributed by atoms with Gasteiger partial charge in [-0.25, -0.2) is 4.98 Å². The lowest BCUT2D eigenvalue weighted by Crippen LogP contribution is -2.26. The summed E-state index contributed by atoms with van der Waals surface area (Å²) in [6.07, 6.45) is 2.35. The second-order valence-electron chi connectivity index (χ2n) is 8.17. The Balaban J connectivity index is 1.56. The molecule has 1 unspecified atom stereocenters. The van der Waals surface area contributed by atoms with Gasteiger partial charge in [0.05, 0.1) is 5.69 Å². The number of piperidine rings is 1. The topological polar surface area (TPSA) is 89.4 Å². The predicted molar refractivity (Wildman–Crippen MR) is 105 cm³/mol. The molecule has 2 aromatic rings. The highest BCUT2D eigenvalue weighted by molar-refractivity contribution is 5.64. The summed E-state index contributed by atoms with van der Waals surface area (Å²) in [6.45, 7) is 4.46. The number of pyridine rings is 1. The molecule has 2 aliphatic rings. The smallest absolute Gasteiger partial charge is 0.387 e. The molecule has 4 rings (SSSR count). The molecule has 1 saturated carbocycles. The molecule has 0 amide bonds. The molecule has 0 aromatic carbocycles. The summed E-state index contributed by atoms with van der Waals surface area (Å²) in [6, 6.07) is 3.69. The summed E-state index contributed by atoms with van der Waals surface area (Å²) < 4.78 is 31.7. The van der Waals surface area contributed by atoms with E-state index < -0.39 is 6.61 Å². The molecule has 0 bridgehead atoms. The van der Waals surface area contributed by atoms with E-state index in [1.165, 1.54) is 18.0 Å². The highest BCUT2D eigenvalue weighted by Gasteiger charge is 2.57. The second kappa shape index (κ2) is 7.87. The van der Waals surface area contributed by atoms with Gasteiger partial charge in [0.25, 0.3) is 0 Å². The van der Waals surface area contributed by atoms with Gasteiger partial charge in [-0.05, 0) is 44.2 Å². The van der Waals surface area contributed by atoms with Crippen molar-refractivity contribution in [2.75, 3.05) is 32.0 Å². The third-order valence-corrected chi connectivity index (χ3v) is 5.89. The fourth-order valence-electron chi connectivity index (χ4n) is 4.53. The zero-order valence-electron chi connectivity index (χ0n) is 16.6. The molecule has 3 atom stereocenters. The van der Waals surface area contributed by atoms with E-state index in [0.717, 1.165) is 26.1 Å². The Morgan fingerprint density at radius 2 is 2.00 bits per heavy atom. The minimum Gasteiger partial charge on any atom is -0.431 e. The van der Waals surface area contributed by atoms with Crippen LogP contribution in [0.5, 0.6) is 5.75 Å². The maximum absolute atomic E-state index is 12.6. The van der Waals surface area contributed by atoms with Gasteiger partial charge < -0.3 is 20.5 Å². The first kappa shape index (κ1) is 20.0. The third-order valence-electron chi connectivity index (χ3n) is 5.89. The van der Waals surface area contributed by atoms with Crippen LogP contribution in [0.2, 0.25) is 0 Å². The van der Waals surface area contributed by atoms with E-state index in [-0.39, 0.29) is 24.2 Å². The molecule has 29 heavy (non-hydrogen) atoms. The number of alkyl halides is 2. The van der Waals surface area contributed by atoms with Crippen LogP contribution in [0.15, 0.2) is 18.3 Å². The fraction of sp³-hybridized carbons (Fsp3) is 0.600. The van der Waals surface area contributed by atoms with Crippen molar-refractivity contribution in [1.29, 1.82) is 0 Å². The summed E-state index contributed by atoms with van der Waals surface area (Å²) in [4.78, 5) is 6.41. The van der Waals surface area contributed by atoms with Crippen LogP contribution in [0, 0.1) is 11.8 Å². The lowest BCUT2D eigenvalue weighted by molar-refractivity contribution is -0.0494. The first-order chi connectivity index (χ1) is 13.9. The van der Waals surface area contributed by atoms with E-state index in [0.29, 0.717) is 29.0 Å². The van der Waals surface area contributed by atoms with Crippen LogP contribution in [0.4, 0.5) is 14.6 Å². The number of aromatic nitrogens is 3. The summed E-state index contributed by atoms with van der Waals surface area (Å²) in [5.41, 5.74) is 8.12. The van der Waals surface area contributed by atoms with Gasteiger partial charge in [-0.2, -0.15) is 13.9 Å². The van der Waals surface area contributed by atoms with Gasteiger partial charge in [-0.3, -0.25) is 4.68 Å². The Hall–Kier alpha value is -2.26. The van der Waals surface area contributed by atoms with Crippen molar-refractivity contribution in [3.8, 4) is 17.0 Å². The average molecular weight is 407 g/mol. The summed E-state index contributed by atoms with van der Waals surface area (Å²) in [5.74, 6) is 1.47. The number of anilines is 1. The van der Waals surface area contributed by atoms with Crippen molar-refractivity contribution in [3.63, 3.8) is 0 Å². The first-order valence-electron chi connectivity index (χ1n) is 10.0. The van der Waals surface area contributed by atoms with Crippen LogP contribution in [-0.4, -0.2) is 57.6 Å². The number of likely N-dealkylation sites (tertiary alicyclic amines) is 1. The van der Waals surface area contributed by atoms with E-state index >= 15 is 0 Å². The van der Waals surface area contributed by atoms with Gasteiger partial charge in [0.15, 0.2) is 11.6 Å². The standard InChI is InChI=1S/C20H27F2N5O2/c1-11(2)27-16(18-13-9-26(4-3-5-28)10-14(13)18)7-15(25-27)12-6-17(29-20(21)22)19(23)24-8-12/h6-8,11,13-14,18,20,28H,3-5,9-10H2,1-2H3,(H2,23,24)/t13-,14+,18?. The minimum absolute atomic E-state index is 0.0720. The molecule has 3 N–H and O–H groups in total. The normalized spacial score (nSPS) is 23.8. The Bertz CT molecular complexity index is 861. The van der Waals surface area contributed by atoms with Crippen molar-refractivity contribution in [1.82, 2.24) is 19.7 Å². The predicted octanol–water partition coefficient (Wildman–Crippen LogP) is 2.74. The van der Waals surface area contributed by atoms with Crippen LogP contribution >= 0.6 is 0 Å². The number of nitrogen functional groups attached to an aromatic ring is 1. The fourth-order valence-corrected chi connectivity index (χ4v) is 4.53. The molecule has 1 saturated heterocycles. The second-order valence-corrected chi connectivity index (χ2v) is 8.17. The number of aliphatic hydroxyl groups excluding tert-OH is 1. The zero-order chi connectivity index (χ0) is 20.7. The third kappa shape index (κ3) is 3.93. The molecule has 7 nitrogen and oxygen atoms in total. The number of fused-ring (bicyclic) bond motifs is 1. The molecule has 3 heterocycles. The van der Waals surface area contributed by atoms with Gasteiger partial charge in [-0.1, -0.05) is 0 Å². The maximum atomic E-state index is 12.6. The van der Waals surface area contributed by atoms with Crippen LogP contribution < -0.4 is 10.5 Å². The van der Waals surface area contributed by atoms with E-state index in [1.807, 2.05) is 10.7 Å². The number of hydrogen-bond donors (Lipinski definition) is 2. The molecular weight excluding hydrogens is 380 g/mol. The summed E-state index contributed by atoms with van der Waals surface area (Å²) >= 11 is 0. The zero-order valence-corrected chi connectivity index (χ0v) is 16.6. The van der Waals surface area contributed by atoms with E-state index in [9.17, 15) is 8.78 Å². The van der Waals surface area contributed by atoms with Gasteiger partial charge in [0, 0.05) is 55.7 Å². The number of hydrogen-bond acceptors (Lipinski definition) is 6. The van der Waals surface area contributed by atoms with Crippen LogP contribution in [0.1, 0.15) is 37.9 Å². The van der Waals surface area contributed by atoms with Crippen LogP contribution in [0.3, 0.4) is 0 Å². The highest BCUT2D eigenvalue weighted by Crippen LogP contribution is 2.58. The number of rotatable bonds is 8. The number of aliphatic hydroxyl groups is 1. The summed E-state index contributed by atoms with van der Waals surface area (Å²) in [5, 5.41) is 13.8. The molecule has 158 valence electrons. The molecule has 9 heteroatoms. The number of ether oxygens (including phenoxy) is 1. The minimum atomic E-state index is -2.96. The Labute approximate surface area is 168 Å². The molecule has 0 spiro atoms. The maximum Gasteiger partial charge on any atom is 0.387 e. The highest BCUT2D eigenvalue weighted by atomic mass is 19.3. The van der Waals surface area contributed by atoms with E-state index in [4.69, 9.17) is 15.9 Å². The Morgan fingerprint density at radius 1 is 1.28 bits per heavy atom. The summed E-state index contributed by atoms with van der Waals surface area (Å²) in [7, 11) is 0. The quantitative estimate of drug-likeness (QED) is 0.700. The van der Waals surface area contributed by atoms with Gasteiger partial charge in [-0.15, -0.1) is 0 Å². The SMILES string of the molecule is CC(C)n1nc(-c2cnc(N)c(OC(F)F)c2)cc1C1[C@H]2CN(CCCO)C[C@@H]12. The largest absolute Gasteiger partial charge is 0.431 e. The van der Waals surface area contributed by atoms with Crippen molar-refractivity contribution >= 4 is 5.82 Å². The number of nitrogens with zero attached hydrogens (tertiary/aromatic N) is 4. The molecule has 0 radical (unpaired) electrons. The number of halogens is 2. The lowest BCUT2D eigenvalue weighted by Gasteiger charge is -2.19. The Kier molecular flexibility index (Phi) is 5.44. The molecular formula is C20H27F2N5O2. The monoisotopic (exact) mass is 407 g/mol. The Morgan fingerprint density at radius 3 is 2.62 bits per heavy atom. The molecule has 1 aliphatic heterocycles. The van der Waals surface area contributed by atoms with Crippen molar-refractivity contribution in [2.24, 2.45) is 11.8 Å².